The molecule has 1 fully saturated rings. The maximum absolute atomic E-state index is 11.9. The molecule has 17 heavy (non-hydrogen) atoms. The van der Waals surface area contributed by atoms with E-state index in [1.165, 1.54) is 19.8 Å². The van der Waals surface area contributed by atoms with Gasteiger partial charge < -0.3 is 9.69 Å². The van der Waals surface area contributed by atoms with Crippen molar-refractivity contribution in [2.24, 2.45) is 5.41 Å². The minimum Gasteiger partial charge on any atom is -0.343 e. The van der Waals surface area contributed by atoms with E-state index in [-0.39, 0.29) is 11.7 Å². The molecule has 0 atom stereocenters. The minimum absolute atomic E-state index is 0.0940. The third kappa shape index (κ3) is 4.49. The molecular weight excluding hydrogens is 214 g/mol. The third-order valence-corrected chi connectivity index (χ3v) is 3.94. The predicted molar refractivity (Wildman–Crippen MR) is 68.7 cm³/mol. The predicted octanol–water partition coefficient (Wildman–Crippen LogP) is 2.78. The zero-order valence-corrected chi connectivity index (χ0v) is 11.6. The standard InChI is InChI=1S/C14H25NO2/c1-11(16)5-6-13(17)15(4)12-7-9-14(2,3)10-8-12/h12H,5-10H2,1-4H3. The molecule has 0 heterocycles. The molecule has 1 aliphatic carbocycles. The largest absolute Gasteiger partial charge is 0.343 e. The van der Waals surface area contributed by atoms with Crippen LogP contribution in [-0.4, -0.2) is 29.7 Å². The minimum atomic E-state index is 0.0940. The van der Waals surface area contributed by atoms with Gasteiger partial charge in [-0.2, -0.15) is 0 Å². The molecule has 0 unspecified atom stereocenters. The molecule has 0 N–H and O–H groups in total. The van der Waals surface area contributed by atoms with E-state index in [1.54, 1.807) is 0 Å². The smallest absolute Gasteiger partial charge is 0.223 e. The van der Waals surface area contributed by atoms with Gasteiger partial charge in [0.1, 0.15) is 5.78 Å². The summed E-state index contributed by atoms with van der Waals surface area (Å²) in [6.45, 7) is 6.12. The first-order chi connectivity index (χ1) is 7.82. The molecule has 3 heteroatoms. The van der Waals surface area contributed by atoms with Crippen LogP contribution in [-0.2, 0) is 9.59 Å². The van der Waals surface area contributed by atoms with Crippen LogP contribution in [0.2, 0.25) is 0 Å². The topological polar surface area (TPSA) is 37.4 Å². The Morgan fingerprint density at radius 2 is 1.71 bits per heavy atom. The summed E-state index contributed by atoms with van der Waals surface area (Å²) in [5.74, 6) is 0.210. The van der Waals surface area contributed by atoms with Gasteiger partial charge in [-0.3, -0.25) is 4.79 Å². The van der Waals surface area contributed by atoms with Crippen molar-refractivity contribution < 1.29 is 9.59 Å². The molecule has 3 nitrogen and oxygen atoms in total. The molecular formula is C14H25NO2. The van der Waals surface area contributed by atoms with E-state index in [2.05, 4.69) is 13.8 Å². The van der Waals surface area contributed by atoms with E-state index in [0.717, 1.165) is 12.8 Å². The summed E-state index contributed by atoms with van der Waals surface area (Å²) >= 11 is 0. The Balaban J connectivity index is 2.40. The van der Waals surface area contributed by atoms with E-state index in [4.69, 9.17) is 0 Å². The Labute approximate surface area is 105 Å². The molecule has 0 radical (unpaired) electrons. The molecule has 1 aliphatic rings. The van der Waals surface area contributed by atoms with Crippen LogP contribution in [0.25, 0.3) is 0 Å². The fourth-order valence-electron chi connectivity index (χ4n) is 2.43. The maximum atomic E-state index is 11.9. The summed E-state index contributed by atoms with van der Waals surface area (Å²) in [5.41, 5.74) is 0.430. The van der Waals surface area contributed by atoms with Gasteiger partial charge >= 0.3 is 0 Å². The molecule has 0 aliphatic heterocycles. The van der Waals surface area contributed by atoms with Crippen LogP contribution >= 0.6 is 0 Å². The average molecular weight is 239 g/mol. The van der Waals surface area contributed by atoms with Crippen LogP contribution in [0.4, 0.5) is 0 Å². The highest BCUT2D eigenvalue weighted by Gasteiger charge is 2.30. The molecule has 98 valence electrons. The Morgan fingerprint density at radius 1 is 1.18 bits per heavy atom. The number of hydrogen-bond acceptors (Lipinski definition) is 2. The van der Waals surface area contributed by atoms with Gasteiger partial charge in [0.25, 0.3) is 0 Å². The fourth-order valence-corrected chi connectivity index (χ4v) is 2.43. The van der Waals surface area contributed by atoms with Gasteiger partial charge in [-0.15, -0.1) is 0 Å². The van der Waals surface area contributed by atoms with Crippen molar-refractivity contribution in [3.8, 4) is 0 Å². The second-order valence-electron chi connectivity index (χ2n) is 6.10. The molecule has 0 aromatic rings. The first-order valence-corrected chi connectivity index (χ1v) is 6.57. The zero-order chi connectivity index (χ0) is 13.1. The number of nitrogens with zero attached hydrogens (tertiary/aromatic N) is 1. The number of ketones is 1. The number of carbonyl (C=O) groups is 2. The summed E-state index contributed by atoms with van der Waals surface area (Å²) in [4.78, 5) is 24.6. The van der Waals surface area contributed by atoms with Crippen molar-refractivity contribution in [3.05, 3.63) is 0 Å². The number of hydrogen-bond donors (Lipinski definition) is 0. The highest BCUT2D eigenvalue weighted by Crippen LogP contribution is 2.36. The lowest BCUT2D eigenvalue weighted by atomic mass is 9.75. The van der Waals surface area contributed by atoms with Crippen molar-refractivity contribution >= 4 is 11.7 Å². The lowest BCUT2D eigenvalue weighted by molar-refractivity contribution is -0.134. The first-order valence-electron chi connectivity index (χ1n) is 6.57. The van der Waals surface area contributed by atoms with Crippen molar-refractivity contribution in [2.45, 2.75) is 65.3 Å². The maximum Gasteiger partial charge on any atom is 0.223 e. The van der Waals surface area contributed by atoms with E-state index in [0.29, 0.717) is 24.3 Å². The summed E-state index contributed by atoms with van der Waals surface area (Å²) < 4.78 is 0. The number of Topliss-reactive ketones (excluding diaryl/α,β-unsaturated/α-hetero) is 1. The quantitative estimate of drug-likeness (QED) is 0.756. The molecule has 0 saturated heterocycles. The first kappa shape index (κ1) is 14.2. The summed E-state index contributed by atoms with van der Waals surface area (Å²) in [6.07, 6.45) is 5.29. The molecule has 1 saturated carbocycles. The van der Waals surface area contributed by atoms with Crippen LogP contribution in [0.5, 0.6) is 0 Å². The van der Waals surface area contributed by atoms with E-state index in [9.17, 15) is 9.59 Å². The van der Waals surface area contributed by atoms with Crippen LogP contribution in [0.1, 0.15) is 59.3 Å². The molecule has 0 bridgehead atoms. The fraction of sp³-hybridized carbons (Fsp3) is 0.857. The molecule has 1 amide bonds. The summed E-state index contributed by atoms with van der Waals surface area (Å²) in [5, 5.41) is 0. The van der Waals surface area contributed by atoms with E-state index < -0.39 is 0 Å². The van der Waals surface area contributed by atoms with Gasteiger partial charge in [0, 0.05) is 25.9 Å². The number of carbonyl (C=O) groups excluding carboxylic acids is 2. The van der Waals surface area contributed by atoms with E-state index in [1.807, 2.05) is 11.9 Å². The summed E-state index contributed by atoms with van der Waals surface area (Å²) in [6, 6.07) is 0.377. The third-order valence-electron chi connectivity index (χ3n) is 3.94. The Bertz CT molecular complexity index is 287. The van der Waals surface area contributed by atoms with Crippen LogP contribution in [0, 0.1) is 5.41 Å². The highest BCUT2D eigenvalue weighted by atomic mass is 16.2. The van der Waals surface area contributed by atoms with Crippen LogP contribution in [0.15, 0.2) is 0 Å². The second kappa shape index (κ2) is 5.65. The van der Waals surface area contributed by atoms with Gasteiger partial charge in [-0.25, -0.2) is 0 Å². The monoisotopic (exact) mass is 239 g/mol. The Hall–Kier alpha value is -0.860. The lowest BCUT2D eigenvalue weighted by Crippen LogP contribution is -2.40. The van der Waals surface area contributed by atoms with Crippen molar-refractivity contribution in [2.75, 3.05) is 7.05 Å². The number of amides is 1. The van der Waals surface area contributed by atoms with E-state index >= 15 is 0 Å². The van der Waals surface area contributed by atoms with Crippen LogP contribution in [0.3, 0.4) is 0 Å². The SMILES string of the molecule is CC(=O)CCC(=O)N(C)C1CCC(C)(C)CC1. The molecule has 1 rings (SSSR count). The zero-order valence-electron chi connectivity index (χ0n) is 11.6. The molecule has 0 aromatic heterocycles. The molecule has 0 spiro atoms. The van der Waals surface area contributed by atoms with Gasteiger partial charge in [0.05, 0.1) is 0 Å². The van der Waals surface area contributed by atoms with Gasteiger partial charge in [-0.05, 0) is 38.0 Å². The Morgan fingerprint density at radius 3 is 2.18 bits per heavy atom. The second-order valence-corrected chi connectivity index (χ2v) is 6.10. The average Bonchev–Trinajstić information content (AvgIpc) is 2.25. The van der Waals surface area contributed by atoms with Gasteiger partial charge in [-0.1, -0.05) is 13.8 Å². The Kier molecular flexibility index (Phi) is 4.72. The van der Waals surface area contributed by atoms with Crippen molar-refractivity contribution in [3.63, 3.8) is 0 Å². The molecule has 0 aromatic carbocycles. The van der Waals surface area contributed by atoms with Crippen LogP contribution < -0.4 is 0 Å². The lowest BCUT2D eigenvalue weighted by Gasteiger charge is -2.38. The highest BCUT2D eigenvalue weighted by molar-refractivity contribution is 5.83. The van der Waals surface area contributed by atoms with Crippen molar-refractivity contribution in [1.29, 1.82) is 0 Å². The number of rotatable bonds is 4. The normalized spacial score (nSPS) is 20.0. The van der Waals surface area contributed by atoms with Crippen molar-refractivity contribution in [1.82, 2.24) is 4.90 Å². The summed E-state index contributed by atoms with van der Waals surface area (Å²) in [7, 11) is 1.88. The van der Waals surface area contributed by atoms with Gasteiger partial charge in [0.15, 0.2) is 0 Å². The van der Waals surface area contributed by atoms with Gasteiger partial charge in [0.2, 0.25) is 5.91 Å².